The van der Waals surface area contributed by atoms with E-state index in [0.717, 1.165) is 6.07 Å². The van der Waals surface area contributed by atoms with Crippen LogP contribution in [0.1, 0.15) is 5.69 Å². The highest BCUT2D eigenvalue weighted by molar-refractivity contribution is 9.10. The predicted octanol–water partition coefficient (Wildman–Crippen LogP) is 2.20. The minimum absolute atomic E-state index is 0.103. The van der Waals surface area contributed by atoms with Crippen molar-refractivity contribution in [3.63, 3.8) is 0 Å². The summed E-state index contributed by atoms with van der Waals surface area (Å²) in [6.07, 6.45) is -4.85. The van der Waals surface area contributed by atoms with Crippen LogP contribution in [0.5, 0.6) is 5.75 Å². The summed E-state index contributed by atoms with van der Waals surface area (Å²) in [5.41, 5.74) is 4.84. The van der Waals surface area contributed by atoms with Gasteiger partial charge in [-0.3, -0.25) is 0 Å². The van der Waals surface area contributed by atoms with E-state index in [1.165, 1.54) is 0 Å². The molecule has 1 rings (SSSR count). The maximum atomic E-state index is 11.9. The number of nitrogens with two attached hydrogens (primary N) is 1. The smallest absolute Gasteiger partial charge is 0.401 e. The molecule has 4 nitrogen and oxygen atoms in total. The Morgan fingerprint density at radius 3 is 2.53 bits per heavy atom. The zero-order chi connectivity index (χ0) is 11.6. The molecule has 0 aliphatic rings. The first-order chi connectivity index (χ1) is 6.83. The summed E-state index contributed by atoms with van der Waals surface area (Å²) in [6.45, 7) is 0. The Morgan fingerprint density at radius 2 is 2.13 bits per heavy atom. The molecule has 0 aliphatic carbocycles. The standard InChI is InChI=1S/C7H3BrF3N3O/c8-6-5(15-7(9,10)11)4(13)1-3(2-12)14-6/h1H,(H2,13,14). The van der Waals surface area contributed by atoms with Gasteiger partial charge in [0.15, 0.2) is 10.4 Å². The van der Waals surface area contributed by atoms with Crippen LogP contribution in [-0.4, -0.2) is 11.3 Å². The number of hydrogen-bond acceptors (Lipinski definition) is 4. The molecule has 2 N–H and O–H groups in total. The molecule has 15 heavy (non-hydrogen) atoms. The summed E-state index contributed by atoms with van der Waals surface area (Å²) < 4.78 is 39.0. The van der Waals surface area contributed by atoms with E-state index in [4.69, 9.17) is 11.0 Å². The van der Waals surface area contributed by atoms with Crippen LogP contribution in [0.15, 0.2) is 10.7 Å². The van der Waals surface area contributed by atoms with Crippen LogP contribution < -0.4 is 10.5 Å². The van der Waals surface area contributed by atoms with E-state index in [2.05, 4.69) is 25.7 Å². The van der Waals surface area contributed by atoms with Crippen LogP contribution in [0.4, 0.5) is 18.9 Å². The fourth-order valence-electron chi connectivity index (χ4n) is 0.795. The van der Waals surface area contributed by atoms with Crippen molar-refractivity contribution in [1.29, 1.82) is 5.26 Å². The van der Waals surface area contributed by atoms with Crippen molar-refractivity contribution in [3.8, 4) is 11.8 Å². The average Bonchev–Trinajstić information content (AvgIpc) is 2.09. The summed E-state index contributed by atoms with van der Waals surface area (Å²) in [4.78, 5) is 3.49. The van der Waals surface area contributed by atoms with Gasteiger partial charge in [0.2, 0.25) is 0 Å². The molecule has 0 unspecified atom stereocenters. The van der Waals surface area contributed by atoms with Crippen molar-refractivity contribution in [2.75, 3.05) is 5.73 Å². The van der Waals surface area contributed by atoms with Crippen molar-refractivity contribution in [3.05, 3.63) is 16.4 Å². The number of aromatic nitrogens is 1. The Hall–Kier alpha value is -1.49. The van der Waals surface area contributed by atoms with Crippen molar-refractivity contribution < 1.29 is 17.9 Å². The molecule has 8 heteroatoms. The number of alkyl halides is 3. The molecule has 0 saturated carbocycles. The monoisotopic (exact) mass is 281 g/mol. The second kappa shape index (κ2) is 3.94. The third-order valence-corrected chi connectivity index (χ3v) is 1.83. The molecular formula is C7H3BrF3N3O. The first kappa shape index (κ1) is 11.6. The summed E-state index contributed by atoms with van der Waals surface area (Å²) in [5, 5.41) is 8.46. The molecule has 0 fully saturated rings. The molecule has 0 bridgehead atoms. The summed E-state index contributed by atoms with van der Waals surface area (Å²) in [6, 6.07) is 2.63. The number of anilines is 1. The lowest BCUT2D eigenvalue weighted by molar-refractivity contribution is -0.274. The summed E-state index contributed by atoms with van der Waals surface area (Å²) in [7, 11) is 0. The van der Waals surface area contributed by atoms with Gasteiger partial charge in [-0.25, -0.2) is 4.98 Å². The first-order valence-corrected chi connectivity index (χ1v) is 4.24. The number of nitrogens with zero attached hydrogens (tertiary/aromatic N) is 2. The third kappa shape index (κ3) is 2.99. The van der Waals surface area contributed by atoms with Gasteiger partial charge in [-0.05, 0) is 15.9 Å². The lowest BCUT2D eigenvalue weighted by Gasteiger charge is -2.11. The van der Waals surface area contributed by atoms with Gasteiger partial charge in [0.05, 0.1) is 5.69 Å². The zero-order valence-electron chi connectivity index (χ0n) is 6.97. The number of ether oxygens (including phenoxy) is 1. The summed E-state index contributed by atoms with van der Waals surface area (Å²) in [5.74, 6) is -0.651. The molecule has 0 saturated heterocycles. The van der Waals surface area contributed by atoms with Crippen LogP contribution in [-0.2, 0) is 0 Å². The molecule has 80 valence electrons. The Balaban J connectivity index is 3.16. The van der Waals surface area contributed by atoms with Gasteiger partial charge in [-0.1, -0.05) is 0 Å². The molecule has 0 aromatic carbocycles. The van der Waals surface area contributed by atoms with Crippen LogP contribution in [0.3, 0.4) is 0 Å². The van der Waals surface area contributed by atoms with E-state index in [1.807, 2.05) is 0 Å². The number of halogens is 4. The average molecular weight is 282 g/mol. The zero-order valence-corrected chi connectivity index (χ0v) is 8.56. The lowest BCUT2D eigenvalue weighted by Crippen LogP contribution is -2.18. The van der Waals surface area contributed by atoms with Gasteiger partial charge < -0.3 is 10.5 Å². The third-order valence-electron chi connectivity index (χ3n) is 1.29. The number of nitrogen functional groups attached to an aromatic ring is 1. The number of pyridine rings is 1. The minimum Gasteiger partial charge on any atom is -0.401 e. The topological polar surface area (TPSA) is 71.9 Å². The highest BCUT2D eigenvalue weighted by Gasteiger charge is 2.33. The molecule has 0 atom stereocenters. The van der Waals surface area contributed by atoms with E-state index < -0.39 is 12.1 Å². The second-order valence-corrected chi connectivity index (χ2v) is 3.13. The van der Waals surface area contributed by atoms with Crippen molar-refractivity contribution >= 4 is 21.6 Å². The van der Waals surface area contributed by atoms with Gasteiger partial charge in [-0.15, -0.1) is 13.2 Å². The molecule has 1 heterocycles. The quantitative estimate of drug-likeness (QED) is 0.801. The number of nitriles is 1. The fourth-order valence-corrected chi connectivity index (χ4v) is 1.30. The van der Waals surface area contributed by atoms with E-state index in [0.29, 0.717) is 0 Å². The number of hydrogen-bond donors (Lipinski definition) is 1. The first-order valence-electron chi connectivity index (χ1n) is 3.45. The minimum atomic E-state index is -4.85. The largest absolute Gasteiger partial charge is 0.573 e. The number of rotatable bonds is 1. The van der Waals surface area contributed by atoms with Crippen LogP contribution in [0.25, 0.3) is 0 Å². The lowest BCUT2D eigenvalue weighted by atomic mass is 10.3. The molecule has 0 aliphatic heterocycles. The van der Waals surface area contributed by atoms with Gasteiger partial charge in [-0.2, -0.15) is 5.26 Å². The fraction of sp³-hybridized carbons (Fsp3) is 0.143. The Bertz CT molecular complexity index is 403. The van der Waals surface area contributed by atoms with E-state index >= 15 is 0 Å². The SMILES string of the molecule is N#Cc1cc(N)c(OC(F)(F)F)c(Br)n1. The Morgan fingerprint density at radius 1 is 1.53 bits per heavy atom. The summed E-state index contributed by atoms with van der Waals surface area (Å²) >= 11 is 2.72. The normalized spacial score (nSPS) is 10.9. The molecule has 0 radical (unpaired) electrons. The predicted molar refractivity (Wildman–Crippen MR) is 47.7 cm³/mol. The van der Waals surface area contributed by atoms with Crippen LogP contribution >= 0.6 is 15.9 Å². The molecule has 1 aromatic rings. The molecular weight excluding hydrogens is 279 g/mol. The Labute approximate surface area is 90.6 Å². The Kier molecular flexibility index (Phi) is 3.04. The van der Waals surface area contributed by atoms with Crippen molar-refractivity contribution in [2.24, 2.45) is 0 Å². The molecule has 1 aromatic heterocycles. The van der Waals surface area contributed by atoms with Gasteiger partial charge in [0.25, 0.3) is 0 Å². The second-order valence-electron chi connectivity index (χ2n) is 2.38. The highest BCUT2D eigenvalue weighted by Crippen LogP contribution is 2.34. The van der Waals surface area contributed by atoms with Gasteiger partial charge in [0, 0.05) is 6.07 Å². The van der Waals surface area contributed by atoms with Crippen molar-refractivity contribution in [1.82, 2.24) is 4.98 Å². The van der Waals surface area contributed by atoms with Gasteiger partial charge >= 0.3 is 6.36 Å². The van der Waals surface area contributed by atoms with E-state index in [-0.39, 0.29) is 16.0 Å². The molecule has 0 spiro atoms. The van der Waals surface area contributed by atoms with Crippen molar-refractivity contribution in [2.45, 2.75) is 6.36 Å². The highest BCUT2D eigenvalue weighted by atomic mass is 79.9. The van der Waals surface area contributed by atoms with Gasteiger partial charge in [0.1, 0.15) is 11.8 Å². The maximum absolute atomic E-state index is 11.9. The van der Waals surface area contributed by atoms with E-state index in [9.17, 15) is 13.2 Å². The van der Waals surface area contributed by atoms with E-state index in [1.54, 1.807) is 6.07 Å². The molecule has 0 amide bonds. The van der Waals surface area contributed by atoms with Crippen LogP contribution in [0, 0.1) is 11.3 Å². The van der Waals surface area contributed by atoms with Crippen LogP contribution in [0.2, 0.25) is 0 Å². The maximum Gasteiger partial charge on any atom is 0.573 e.